The number of methoxy groups -OCH3 is 1. The Morgan fingerprint density at radius 1 is 1.19 bits per heavy atom. The molecule has 1 heterocycles. The van der Waals surface area contributed by atoms with Gasteiger partial charge in [0, 0.05) is 0 Å². The maximum Gasteiger partial charge on any atom is 0.345 e. The Morgan fingerprint density at radius 2 is 1.93 bits per heavy atom. The van der Waals surface area contributed by atoms with Gasteiger partial charge in [-0.2, -0.15) is 5.10 Å². The van der Waals surface area contributed by atoms with Crippen LogP contribution in [0.2, 0.25) is 5.02 Å². The Bertz CT molecular complexity index is 833. The molecule has 7 heteroatoms. The van der Waals surface area contributed by atoms with E-state index in [9.17, 15) is 4.79 Å². The number of ether oxygens (including phenoxy) is 2. The molecule has 0 saturated carbocycles. The highest BCUT2D eigenvalue weighted by Gasteiger charge is 2.16. The molecule has 142 valence electrons. The number of nitrogens with zero attached hydrogens (tertiary/aromatic N) is 2. The summed E-state index contributed by atoms with van der Waals surface area (Å²) in [5, 5.41) is 6.93. The molecule has 0 aliphatic carbocycles. The van der Waals surface area contributed by atoms with Crippen LogP contribution in [-0.2, 0) is 0 Å². The van der Waals surface area contributed by atoms with E-state index in [-0.39, 0.29) is 0 Å². The Balaban J connectivity index is 1.71. The van der Waals surface area contributed by atoms with Crippen molar-refractivity contribution in [1.29, 1.82) is 0 Å². The molecule has 0 aromatic heterocycles. The summed E-state index contributed by atoms with van der Waals surface area (Å²) >= 11 is 6.05. The third kappa shape index (κ3) is 4.99. The Hall–Kier alpha value is -2.57. The fraction of sp³-hybridized carbons (Fsp3) is 0.300. The van der Waals surface area contributed by atoms with Gasteiger partial charge in [-0.25, -0.2) is 4.79 Å². The molecule has 1 saturated heterocycles. The van der Waals surface area contributed by atoms with Gasteiger partial charge in [0.25, 0.3) is 0 Å². The molecule has 0 atom stereocenters. The predicted octanol–water partition coefficient (Wildman–Crippen LogP) is 1.73. The van der Waals surface area contributed by atoms with Gasteiger partial charge in [0.2, 0.25) is 0 Å². The molecule has 0 unspecified atom stereocenters. The molecule has 0 bridgehead atoms. The highest BCUT2D eigenvalue weighted by molar-refractivity contribution is 6.33. The van der Waals surface area contributed by atoms with Gasteiger partial charge in [-0.05, 0) is 35.9 Å². The van der Waals surface area contributed by atoms with Crippen LogP contribution in [0.1, 0.15) is 15.9 Å². The molecule has 3 rings (SSSR count). The van der Waals surface area contributed by atoms with Gasteiger partial charge in [0.1, 0.15) is 0 Å². The van der Waals surface area contributed by atoms with Crippen LogP contribution >= 0.6 is 11.6 Å². The normalized spacial score (nSPS) is 15.1. The van der Waals surface area contributed by atoms with E-state index >= 15 is 0 Å². The molecule has 2 aromatic rings. The van der Waals surface area contributed by atoms with E-state index < -0.39 is 5.97 Å². The Morgan fingerprint density at radius 3 is 2.63 bits per heavy atom. The zero-order valence-corrected chi connectivity index (χ0v) is 16.2. The Kier molecular flexibility index (Phi) is 6.32. The lowest BCUT2D eigenvalue weighted by atomic mass is 10.2. The number of esters is 1. The van der Waals surface area contributed by atoms with Gasteiger partial charge < -0.3 is 14.4 Å². The number of quaternary nitrogens is 1. The topological polar surface area (TPSA) is 55.6 Å². The van der Waals surface area contributed by atoms with E-state index in [2.05, 4.69) is 17.2 Å². The summed E-state index contributed by atoms with van der Waals surface area (Å²) in [6, 6.07) is 12.1. The molecule has 1 aliphatic heterocycles. The van der Waals surface area contributed by atoms with Gasteiger partial charge in [-0.1, -0.05) is 23.7 Å². The van der Waals surface area contributed by atoms with E-state index in [1.165, 1.54) is 12.0 Å². The lowest BCUT2D eigenvalue weighted by molar-refractivity contribution is -0.884. The van der Waals surface area contributed by atoms with Crippen LogP contribution in [0.5, 0.6) is 11.5 Å². The molecule has 6 nitrogen and oxygen atoms in total. The SMILES string of the molecule is COc1cc(/C=N\N2CC[NH+](C)CC2)ccc1OC(=O)c1ccccc1Cl. The van der Waals surface area contributed by atoms with Crippen LogP contribution in [0.4, 0.5) is 0 Å². The highest BCUT2D eigenvalue weighted by Crippen LogP contribution is 2.29. The Labute approximate surface area is 163 Å². The average Bonchev–Trinajstić information content (AvgIpc) is 2.68. The first-order valence-electron chi connectivity index (χ1n) is 8.82. The number of carbonyl (C=O) groups is 1. The van der Waals surface area contributed by atoms with E-state index in [0.717, 1.165) is 31.7 Å². The number of carbonyl (C=O) groups excluding carboxylic acids is 1. The van der Waals surface area contributed by atoms with Crippen LogP contribution in [0.3, 0.4) is 0 Å². The van der Waals surface area contributed by atoms with Crippen LogP contribution in [-0.4, -0.2) is 57.5 Å². The van der Waals surface area contributed by atoms with Crippen molar-refractivity contribution in [1.82, 2.24) is 5.01 Å². The number of halogens is 1. The average molecular weight is 389 g/mol. The van der Waals surface area contributed by atoms with Crippen LogP contribution in [0, 0.1) is 0 Å². The quantitative estimate of drug-likeness (QED) is 0.481. The van der Waals surface area contributed by atoms with Crippen LogP contribution in [0.15, 0.2) is 47.6 Å². The molecule has 1 N–H and O–H groups in total. The van der Waals surface area contributed by atoms with Crippen LogP contribution in [0.25, 0.3) is 0 Å². The summed E-state index contributed by atoms with van der Waals surface area (Å²) < 4.78 is 10.8. The summed E-state index contributed by atoms with van der Waals surface area (Å²) in [7, 11) is 3.72. The second-order valence-corrected chi connectivity index (χ2v) is 6.84. The monoisotopic (exact) mass is 388 g/mol. The molecule has 1 aliphatic rings. The zero-order chi connectivity index (χ0) is 19.2. The summed E-state index contributed by atoms with van der Waals surface area (Å²) in [6.45, 7) is 4.04. The third-order valence-electron chi connectivity index (χ3n) is 4.45. The minimum Gasteiger partial charge on any atom is -0.493 e. The lowest BCUT2D eigenvalue weighted by Crippen LogP contribution is -3.11. The lowest BCUT2D eigenvalue weighted by Gasteiger charge is -2.27. The summed E-state index contributed by atoms with van der Waals surface area (Å²) in [5.74, 6) is 0.269. The number of hydrogen-bond donors (Lipinski definition) is 1. The first kappa shape index (κ1) is 19.2. The van der Waals surface area contributed by atoms with Gasteiger partial charge in [-0.3, -0.25) is 5.01 Å². The standard InChI is InChI=1S/C20H22ClN3O3/c1-23-9-11-24(12-10-23)22-14-15-7-8-18(19(13-15)26-2)27-20(25)16-5-3-4-6-17(16)21/h3-8,13-14H,9-12H2,1-2H3/p+1/b22-14-. The smallest absolute Gasteiger partial charge is 0.345 e. The second-order valence-electron chi connectivity index (χ2n) is 6.44. The molecule has 0 radical (unpaired) electrons. The first-order chi connectivity index (χ1) is 13.1. The molecule has 0 amide bonds. The van der Waals surface area contributed by atoms with Crippen molar-refractivity contribution < 1.29 is 19.2 Å². The molecule has 27 heavy (non-hydrogen) atoms. The molecular weight excluding hydrogens is 366 g/mol. The number of benzene rings is 2. The number of hydrogen-bond acceptors (Lipinski definition) is 5. The number of hydrazone groups is 1. The maximum atomic E-state index is 12.3. The zero-order valence-electron chi connectivity index (χ0n) is 15.4. The highest BCUT2D eigenvalue weighted by atomic mass is 35.5. The summed E-state index contributed by atoms with van der Waals surface area (Å²) in [5.41, 5.74) is 1.18. The maximum absolute atomic E-state index is 12.3. The van der Waals surface area contributed by atoms with Crippen molar-refractivity contribution in [2.75, 3.05) is 40.3 Å². The van der Waals surface area contributed by atoms with Crippen LogP contribution < -0.4 is 14.4 Å². The van der Waals surface area contributed by atoms with Crippen molar-refractivity contribution >= 4 is 23.8 Å². The minimum absolute atomic E-state index is 0.309. The molecule has 1 fully saturated rings. The van der Waals surface area contributed by atoms with Gasteiger partial charge >= 0.3 is 5.97 Å². The largest absolute Gasteiger partial charge is 0.493 e. The van der Waals surface area contributed by atoms with Crippen molar-refractivity contribution in [3.63, 3.8) is 0 Å². The van der Waals surface area contributed by atoms with E-state index in [1.54, 1.807) is 42.6 Å². The van der Waals surface area contributed by atoms with Crippen molar-refractivity contribution in [3.05, 3.63) is 58.6 Å². The number of nitrogens with one attached hydrogen (secondary N) is 1. The fourth-order valence-electron chi connectivity index (χ4n) is 2.77. The summed E-state index contributed by atoms with van der Waals surface area (Å²) in [4.78, 5) is 13.9. The third-order valence-corrected chi connectivity index (χ3v) is 4.78. The molecular formula is C20H23ClN3O3+. The predicted molar refractivity (Wildman–Crippen MR) is 105 cm³/mol. The molecule has 0 spiro atoms. The van der Waals surface area contributed by atoms with E-state index in [0.29, 0.717) is 22.1 Å². The van der Waals surface area contributed by atoms with Gasteiger partial charge in [0.15, 0.2) is 11.5 Å². The van der Waals surface area contributed by atoms with Crippen molar-refractivity contribution in [2.24, 2.45) is 5.10 Å². The second kappa shape index (κ2) is 8.88. The van der Waals surface area contributed by atoms with Crippen molar-refractivity contribution in [2.45, 2.75) is 0 Å². The van der Waals surface area contributed by atoms with E-state index in [1.807, 2.05) is 6.07 Å². The number of piperazine rings is 1. The minimum atomic E-state index is -0.528. The van der Waals surface area contributed by atoms with Gasteiger partial charge in [0.05, 0.1) is 57.1 Å². The first-order valence-corrected chi connectivity index (χ1v) is 9.19. The number of rotatable bonds is 5. The molecule has 2 aromatic carbocycles. The van der Waals surface area contributed by atoms with E-state index in [4.69, 9.17) is 21.1 Å². The summed E-state index contributed by atoms with van der Waals surface area (Å²) in [6.07, 6.45) is 1.79. The fourth-order valence-corrected chi connectivity index (χ4v) is 2.98. The van der Waals surface area contributed by atoms with Gasteiger partial charge in [-0.15, -0.1) is 0 Å². The van der Waals surface area contributed by atoms with Crippen molar-refractivity contribution in [3.8, 4) is 11.5 Å². The number of likely N-dealkylation sites (N-methyl/N-ethyl adjacent to an activating group) is 1.